The van der Waals surface area contributed by atoms with Crippen molar-refractivity contribution in [1.82, 2.24) is 0 Å². The third kappa shape index (κ3) is 3.76. The van der Waals surface area contributed by atoms with E-state index in [0.29, 0.717) is 6.42 Å². The highest BCUT2D eigenvalue weighted by atomic mass is 16.3. The number of nitrogens with two attached hydrogens (primary N) is 1. The highest BCUT2D eigenvalue weighted by Gasteiger charge is 2.21. The zero-order valence-corrected chi connectivity index (χ0v) is 9.60. The predicted octanol–water partition coefficient (Wildman–Crippen LogP) is 1.14. The molecule has 0 aromatic heterocycles. The smallest absolute Gasteiger partial charge is 0.135 e. The lowest BCUT2D eigenvalue weighted by Gasteiger charge is -2.18. The van der Waals surface area contributed by atoms with E-state index in [1.807, 2.05) is 30.3 Å². The summed E-state index contributed by atoms with van der Waals surface area (Å²) in [6.45, 7) is 1.65. The Labute approximate surface area is 96.3 Å². The number of Topliss-reactive ketones (excluding diaryl/α,β-unsaturated/α-hetero) is 1. The summed E-state index contributed by atoms with van der Waals surface area (Å²) in [6.07, 6.45) is 0.723. The third-order valence-electron chi connectivity index (χ3n) is 2.81. The van der Waals surface area contributed by atoms with E-state index < -0.39 is 6.10 Å². The van der Waals surface area contributed by atoms with Gasteiger partial charge >= 0.3 is 0 Å². The average Bonchev–Trinajstić information content (AvgIpc) is 2.30. The Bertz CT molecular complexity index is 324. The number of carbonyl (C=O) groups is 1. The van der Waals surface area contributed by atoms with Crippen LogP contribution in [-0.2, 0) is 11.2 Å². The molecule has 3 N–H and O–H groups in total. The van der Waals surface area contributed by atoms with Gasteiger partial charge in [-0.2, -0.15) is 0 Å². The Hall–Kier alpha value is -1.19. The van der Waals surface area contributed by atoms with Crippen LogP contribution in [0.3, 0.4) is 0 Å². The van der Waals surface area contributed by atoms with Gasteiger partial charge < -0.3 is 10.8 Å². The van der Waals surface area contributed by atoms with Gasteiger partial charge in [0.15, 0.2) is 0 Å². The molecular formula is C13H19NO2. The van der Waals surface area contributed by atoms with Gasteiger partial charge in [0.25, 0.3) is 0 Å². The van der Waals surface area contributed by atoms with Gasteiger partial charge in [-0.3, -0.25) is 4.79 Å². The summed E-state index contributed by atoms with van der Waals surface area (Å²) in [7, 11) is 0. The van der Waals surface area contributed by atoms with Gasteiger partial charge in [0.1, 0.15) is 5.78 Å². The van der Waals surface area contributed by atoms with Crippen LogP contribution >= 0.6 is 0 Å². The molecule has 3 heteroatoms. The van der Waals surface area contributed by atoms with Crippen molar-refractivity contribution in [3.05, 3.63) is 35.9 Å². The Morgan fingerprint density at radius 1 is 1.38 bits per heavy atom. The summed E-state index contributed by atoms with van der Waals surface area (Å²) in [5.41, 5.74) is 6.56. The summed E-state index contributed by atoms with van der Waals surface area (Å²) in [4.78, 5) is 11.3. The van der Waals surface area contributed by atoms with Crippen molar-refractivity contribution in [2.75, 3.05) is 6.54 Å². The van der Waals surface area contributed by atoms with Crippen molar-refractivity contribution < 1.29 is 9.90 Å². The molecule has 0 saturated heterocycles. The van der Waals surface area contributed by atoms with Crippen LogP contribution in [0.15, 0.2) is 30.3 Å². The number of hydrogen-bond acceptors (Lipinski definition) is 3. The number of aliphatic hydroxyl groups is 1. The van der Waals surface area contributed by atoms with E-state index in [-0.39, 0.29) is 18.2 Å². The van der Waals surface area contributed by atoms with Crippen molar-refractivity contribution in [2.24, 2.45) is 11.7 Å². The third-order valence-corrected chi connectivity index (χ3v) is 2.81. The molecule has 88 valence electrons. The normalized spacial score (nSPS) is 14.4. The minimum atomic E-state index is -0.721. The summed E-state index contributed by atoms with van der Waals surface area (Å²) in [6, 6.07) is 9.94. The van der Waals surface area contributed by atoms with Crippen LogP contribution in [0.5, 0.6) is 0 Å². The number of carbonyl (C=O) groups excluding carboxylic acids is 1. The molecule has 0 aliphatic rings. The summed E-state index contributed by atoms with van der Waals surface area (Å²) < 4.78 is 0. The molecule has 2 atom stereocenters. The Morgan fingerprint density at radius 2 is 2.00 bits per heavy atom. The second-order valence-electron chi connectivity index (χ2n) is 4.04. The molecule has 0 fully saturated rings. The van der Waals surface area contributed by atoms with E-state index in [1.165, 1.54) is 12.5 Å². The van der Waals surface area contributed by atoms with Gasteiger partial charge in [0, 0.05) is 12.5 Å². The number of aryl methyl sites for hydroxylation is 1. The Balaban J connectivity index is 2.54. The molecule has 0 bridgehead atoms. The molecule has 0 amide bonds. The van der Waals surface area contributed by atoms with Gasteiger partial charge in [-0.1, -0.05) is 30.3 Å². The van der Waals surface area contributed by atoms with E-state index in [4.69, 9.17) is 5.73 Å². The molecule has 16 heavy (non-hydrogen) atoms. The fourth-order valence-electron chi connectivity index (χ4n) is 1.80. The Kier molecular flexibility index (Phi) is 5.15. The molecule has 0 saturated carbocycles. The average molecular weight is 221 g/mol. The van der Waals surface area contributed by atoms with Crippen molar-refractivity contribution in [3.63, 3.8) is 0 Å². The number of benzene rings is 1. The van der Waals surface area contributed by atoms with Crippen molar-refractivity contribution in [3.8, 4) is 0 Å². The molecule has 2 unspecified atom stereocenters. The molecule has 0 aliphatic heterocycles. The Morgan fingerprint density at radius 3 is 2.50 bits per heavy atom. The molecule has 0 heterocycles. The largest absolute Gasteiger partial charge is 0.391 e. The zero-order chi connectivity index (χ0) is 12.0. The van der Waals surface area contributed by atoms with Gasteiger partial charge in [-0.15, -0.1) is 0 Å². The second kappa shape index (κ2) is 6.40. The van der Waals surface area contributed by atoms with Crippen LogP contribution in [0.2, 0.25) is 0 Å². The minimum Gasteiger partial charge on any atom is -0.391 e. The zero-order valence-electron chi connectivity index (χ0n) is 9.60. The summed E-state index contributed by atoms with van der Waals surface area (Å²) >= 11 is 0. The van der Waals surface area contributed by atoms with Gasteiger partial charge in [0.2, 0.25) is 0 Å². The van der Waals surface area contributed by atoms with Gasteiger partial charge in [-0.05, 0) is 25.3 Å². The van der Waals surface area contributed by atoms with E-state index in [2.05, 4.69) is 0 Å². The molecule has 0 spiro atoms. The fourth-order valence-corrected chi connectivity index (χ4v) is 1.80. The van der Waals surface area contributed by atoms with Crippen LogP contribution in [0.1, 0.15) is 18.9 Å². The van der Waals surface area contributed by atoms with Crippen LogP contribution in [0.25, 0.3) is 0 Å². The van der Waals surface area contributed by atoms with Crippen LogP contribution in [0.4, 0.5) is 0 Å². The first-order valence-electron chi connectivity index (χ1n) is 5.57. The number of aliphatic hydroxyl groups excluding tert-OH is 1. The molecule has 1 rings (SSSR count). The van der Waals surface area contributed by atoms with Gasteiger partial charge in [-0.25, -0.2) is 0 Å². The first-order valence-corrected chi connectivity index (χ1v) is 5.57. The first kappa shape index (κ1) is 12.9. The second-order valence-corrected chi connectivity index (χ2v) is 4.04. The topological polar surface area (TPSA) is 63.3 Å². The SMILES string of the molecule is CC(=O)C(CCc1ccccc1)C(O)CN. The summed E-state index contributed by atoms with van der Waals surface area (Å²) in [5, 5.41) is 9.62. The lowest BCUT2D eigenvalue weighted by molar-refractivity contribution is -0.124. The number of hydrogen-bond donors (Lipinski definition) is 2. The van der Waals surface area contributed by atoms with Crippen LogP contribution < -0.4 is 5.73 Å². The van der Waals surface area contributed by atoms with Gasteiger partial charge in [0.05, 0.1) is 6.10 Å². The van der Waals surface area contributed by atoms with E-state index in [1.54, 1.807) is 0 Å². The molecule has 3 nitrogen and oxygen atoms in total. The number of rotatable bonds is 6. The highest BCUT2D eigenvalue weighted by Crippen LogP contribution is 2.14. The minimum absolute atomic E-state index is 0.00822. The van der Waals surface area contributed by atoms with Crippen LogP contribution in [0, 0.1) is 5.92 Å². The molecule has 0 aliphatic carbocycles. The lowest BCUT2D eigenvalue weighted by atomic mass is 9.91. The highest BCUT2D eigenvalue weighted by molar-refractivity contribution is 5.78. The van der Waals surface area contributed by atoms with E-state index in [9.17, 15) is 9.90 Å². The molecule has 0 radical (unpaired) electrons. The maximum absolute atomic E-state index is 11.3. The standard InChI is InChI=1S/C13H19NO2/c1-10(15)12(13(16)9-14)8-7-11-5-3-2-4-6-11/h2-6,12-13,16H,7-9,14H2,1H3. The predicted molar refractivity (Wildman–Crippen MR) is 64.0 cm³/mol. The lowest BCUT2D eigenvalue weighted by Crippen LogP contribution is -2.33. The van der Waals surface area contributed by atoms with E-state index >= 15 is 0 Å². The number of ketones is 1. The van der Waals surface area contributed by atoms with Crippen LogP contribution in [-0.4, -0.2) is 23.5 Å². The van der Waals surface area contributed by atoms with Crippen molar-refractivity contribution in [2.45, 2.75) is 25.9 Å². The van der Waals surface area contributed by atoms with E-state index in [0.717, 1.165) is 6.42 Å². The maximum atomic E-state index is 11.3. The molecule has 1 aromatic rings. The fraction of sp³-hybridized carbons (Fsp3) is 0.462. The van der Waals surface area contributed by atoms with Crippen molar-refractivity contribution >= 4 is 5.78 Å². The summed E-state index contributed by atoms with van der Waals surface area (Å²) in [5.74, 6) is -0.334. The maximum Gasteiger partial charge on any atom is 0.135 e. The molecular weight excluding hydrogens is 202 g/mol. The first-order chi connectivity index (χ1) is 7.65. The quantitative estimate of drug-likeness (QED) is 0.757. The molecule has 1 aromatic carbocycles. The monoisotopic (exact) mass is 221 g/mol. The van der Waals surface area contributed by atoms with Crippen molar-refractivity contribution in [1.29, 1.82) is 0 Å².